The van der Waals surface area contributed by atoms with Gasteiger partial charge in [-0.1, -0.05) is 30.3 Å². The van der Waals surface area contributed by atoms with Crippen molar-refractivity contribution in [1.82, 2.24) is 5.32 Å². The van der Waals surface area contributed by atoms with E-state index in [4.69, 9.17) is 0 Å². The van der Waals surface area contributed by atoms with E-state index < -0.39 is 9.84 Å². The molecule has 3 nitrogen and oxygen atoms in total. The third-order valence-corrected chi connectivity index (χ3v) is 5.28. The van der Waals surface area contributed by atoms with Gasteiger partial charge in [0.25, 0.3) is 0 Å². The van der Waals surface area contributed by atoms with E-state index in [1.54, 1.807) is 0 Å². The van der Waals surface area contributed by atoms with Crippen LogP contribution in [0.2, 0.25) is 0 Å². The van der Waals surface area contributed by atoms with Crippen molar-refractivity contribution in [2.24, 2.45) is 5.92 Å². The molecule has 94 valence electrons. The number of sulfone groups is 1. The average molecular weight is 253 g/mol. The molecule has 17 heavy (non-hydrogen) atoms. The highest BCUT2D eigenvalue weighted by atomic mass is 32.2. The Labute approximate surface area is 103 Å². The van der Waals surface area contributed by atoms with E-state index in [1.807, 2.05) is 25.2 Å². The van der Waals surface area contributed by atoms with E-state index in [-0.39, 0.29) is 5.92 Å². The van der Waals surface area contributed by atoms with E-state index in [0.717, 1.165) is 13.0 Å². The molecule has 2 atom stereocenters. The minimum absolute atomic E-state index is 0.259. The summed E-state index contributed by atoms with van der Waals surface area (Å²) in [7, 11) is -0.879. The first kappa shape index (κ1) is 12.6. The van der Waals surface area contributed by atoms with Crippen LogP contribution in [0.15, 0.2) is 30.3 Å². The van der Waals surface area contributed by atoms with Crippen LogP contribution in [0.5, 0.6) is 0 Å². The van der Waals surface area contributed by atoms with Gasteiger partial charge in [-0.2, -0.15) is 0 Å². The van der Waals surface area contributed by atoms with E-state index in [9.17, 15) is 8.42 Å². The lowest BCUT2D eigenvalue weighted by atomic mass is 9.85. The highest BCUT2D eigenvalue weighted by Gasteiger charge is 2.33. The van der Waals surface area contributed by atoms with Crippen LogP contribution in [0.3, 0.4) is 0 Å². The van der Waals surface area contributed by atoms with Crippen LogP contribution in [-0.4, -0.2) is 33.5 Å². The molecule has 0 spiro atoms. The summed E-state index contributed by atoms with van der Waals surface area (Å²) in [4.78, 5) is 0. The van der Waals surface area contributed by atoms with Gasteiger partial charge in [0.2, 0.25) is 0 Å². The summed E-state index contributed by atoms with van der Waals surface area (Å²) in [5.74, 6) is 1.26. The van der Waals surface area contributed by atoms with Crippen molar-refractivity contribution in [2.45, 2.75) is 12.3 Å². The van der Waals surface area contributed by atoms with Crippen LogP contribution in [0.4, 0.5) is 0 Å². The molecule has 4 heteroatoms. The number of nitrogens with one attached hydrogen (secondary N) is 1. The summed E-state index contributed by atoms with van der Waals surface area (Å²) in [6.45, 7) is 0.837. The molecule has 1 saturated heterocycles. The van der Waals surface area contributed by atoms with Gasteiger partial charge in [-0.05, 0) is 24.9 Å². The van der Waals surface area contributed by atoms with Gasteiger partial charge >= 0.3 is 0 Å². The Morgan fingerprint density at radius 3 is 2.59 bits per heavy atom. The van der Waals surface area contributed by atoms with Crippen molar-refractivity contribution in [3.05, 3.63) is 35.9 Å². The van der Waals surface area contributed by atoms with E-state index in [0.29, 0.717) is 17.4 Å². The van der Waals surface area contributed by atoms with Crippen molar-refractivity contribution >= 4 is 9.84 Å². The van der Waals surface area contributed by atoms with Gasteiger partial charge in [0.15, 0.2) is 9.84 Å². The lowest BCUT2D eigenvalue weighted by molar-refractivity contribution is 0.451. The molecule has 0 aliphatic carbocycles. The molecule has 2 rings (SSSR count). The zero-order chi connectivity index (χ0) is 12.3. The first-order valence-electron chi connectivity index (χ1n) is 6.02. The van der Waals surface area contributed by atoms with Gasteiger partial charge in [-0.25, -0.2) is 8.42 Å². The maximum Gasteiger partial charge on any atom is 0.150 e. The van der Waals surface area contributed by atoms with Gasteiger partial charge in [0.05, 0.1) is 11.5 Å². The lowest BCUT2D eigenvalue weighted by Crippen LogP contribution is -2.25. The van der Waals surface area contributed by atoms with Crippen molar-refractivity contribution in [3.8, 4) is 0 Å². The predicted octanol–water partition coefficient (Wildman–Crippen LogP) is 1.42. The third kappa shape index (κ3) is 3.07. The SMILES string of the molecule is CNCC(c1ccccc1)C1CCS(=O)(=O)C1. The number of likely N-dealkylation sites (N-methyl/N-ethyl adjacent to an activating group) is 1. The molecule has 0 amide bonds. The Hall–Kier alpha value is -0.870. The molecule has 0 radical (unpaired) electrons. The standard InChI is InChI=1S/C13H19NO2S/c1-14-9-13(11-5-3-2-4-6-11)12-7-8-17(15,16)10-12/h2-6,12-14H,7-10H2,1H3. The smallest absolute Gasteiger partial charge is 0.150 e. The zero-order valence-corrected chi connectivity index (χ0v) is 10.9. The molecule has 1 heterocycles. The van der Waals surface area contributed by atoms with Crippen LogP contribution in [0.25, 0.3) is 0 Å². The van der Waals surface area contributed by atoms with Crippen LogP contribution < -0.4 is 5.32 Å². The highest BCUT2D eigenvalue weighted by Crippen LogP contribution is 2.32. The number of rotatable bonds is 4. The minimum Gasteiger partial charge on any atom is -0.319 e. The van der Waals surface area contributed by atoms with Crippen LogP contribution >= 0.6 is 0 Å². The molecule has 1 aromatic rings. The van der Waals surface area contributed by atoms with Gasteiger partial charge in [-0.15, -0.1) is 0 Å². The number of hydrogen-bond acceptors (Lipinski definition) is 3. The first-order valence-corrected chi connectivity index (χ1v) is 7.84. The minimum atomic E-state index is -2.79. The van der Waals surface area contributed by atoms with E-state index >= 15 is 0 Å². The Balaban J connectivity index is 2.19. The van der Waals surface area contributed by atoms with Crippen molar-refractivity contribution in [2.75, 3.05) is 25.1 Å². The molecule has 1 fully saturated rings. The predicted molar refractivity (Wildman–Crippen MR) is 69.9 cm³/mol. The van der Waals surface area contributed by atoms with E-state index in [1.165, 1.54) is 5.56 Å². The van der Waals surface area contributed by atoms with Gasteiger partial charge in [-0.3, -0.25) is 0 Å². The molecular formula is C13H19NO2S. The highest BCUT2D eigenvalue weighted by molar-refractivity contribution is 7.91. The zero-order valence-electron chi connectivity index (χ0n) is 10.1. The summed E-state index contributed by atoms with van der Waals surface area (Å²) in [5, 5.41) is 3.18. The second-order valence-corrected chi connectivity index (χ2v) is 6.97. The quantitative estimate of drug-likeness (QED) is 0.883. The maximum absolute atomic E-state index is 11.6. The topological polar surface area (TPSA) is 46.2 Å². The maximum atomic E-state index is 11.6. The first-order chi connectivity index (χ1) is 8.12. The largest absolute Gasteiger partial charge is 0.319 e. The third-order valence-electron chi connectivity index (χ3n) is 3.49. The molecular weight excluding hydrogens is 234 g/mol. The summed E-state index contributed by atoms with van der Waals surface area (Å²) in [6.07, 6.45) is 0.795. The summed E-state index contributed by atoms with van der Waals surface area (Å²) >= 11 is 0. The van der Waals surface area contributed by atoms with Crippen molar-refractivity contribution in [1.29, 1.82) is 0 Å². The fourth-order valence-electron chi connectivity index (χ4n) is 2.62. The lowest BCUT2D eigenvalue weighted by Gasteiger charge is -2.22. The Kier molecular flexibility index (Phi) is 3.84. The normalized spacial score (nSPS) is 24.6. The monoisotopic (exact) mass is 253 g/mol. The molecule has 0 saturated carbocycles. The molecule has 0 aromatic heterocycles. The van der Waals surface area contributed by atoms with Crippen LogP contribution in [-0.2, 0) is 9.84 Å². The number of benzene rings is 1. The van der Waals surface area contributed by atoms with Crippen LogP contribution in [0, 0.1) is 5.92 Å². The fourth-order valence-corrected chi connectivity index (χ4v) is 4.50. The van der Waals surface area contributed by atoms with Gasteiger partial charge in [0, 0.05) is 12.5 Å². The fraction of sp³-hybridized carbons (Fsp3) is 0.538. The molecule has 1 aliphatic rings. The second kappa shape index (κ2) is 5.19. The van der Waals surface area contributed by atoms with Gasteiger partial charge in [0.1, 0.15) is 0 Å². The Morgan fingerprint density at radius 2 is 2.06 bits per heavy atom. The summed E-state index contributed by atoms with van der Waals surface area (Å²) in [5.41, 5.74) is 1.24. The van der Waals surface area contributed by atoms with Crippen molar-refractivity contribution in [3.63, 3.8) is 0 Å². The summed E-state index contributed by atoms with van der Waals surface area (Å²) in [6, 6.07) is 10.2. The van der Waals surface area contributed by atoms with Crippen molar-refractivity contribution < 1.29 is 8.42 Å². The molecule has 2 unspecified atom stereocenters. The Bertz CT molecular complexity index is 456. The molecule has 1 N–H and O–H groups in total. The van der Waals surface area contributed by atoms with Gasteiger partial charge < -0.3 is 5.32 Å². The molecule has 1 aromatic carbocycles. The molecule has 1 aliphatic heterocycles. The summed E-state index contributed by atoms with van der Waals surface area (Å²) < 4.78 is 23.1. The second-order valence-electron chi connectivity index (χ2n) is 4.74. The molecule has 0 bridgehead atoms. The number of hydrogen-bond donors (Lipinski definition) is 1. The Morgan fingerprint density at radius 1 is 1.35 bits per heavy atom. The average Bonchev–Trinajstić information content (AvgIpc) is 2.67. The van der Waals surface area contributed by atoms with E-state index in [2.05, 4.69) is 17.4 Å². The van der Waals surface area contributed by atoms with Crippen LogP contribution in [0.1, 0.15) is 17.9 Å².